The molecule has 1 spiro atoms. The molecule has 160 valence electrons. The first-order valence-electron chi connectivity index (χ1n) is 11.2. The number of hydrogen-bond acceptors (Lipinski definition) is 3. The molecule has 1 aliphatic heterocycles. The molecular weight excluding hydrogens is 362 g/mol. The van der Waals surface area contributed by atoms with Crippen molar-refractivity contribution in [3.8, 4) is 5.75 Å². The van der Waals surface area contributed by atoms with Crippen molar-refractivity contribution in [2.75, 3.05) is 20.2 Å². The third kappa shape index (κ3) is 3.93. The molecule has 1 heterocycles. The highest BCUT2D eigenvalue weighted by Crippen LogP contribution is 2.50. The second-order valence-electron chi connectivity index (χ2n) is 11.3. The first-order valence-corrected chi connectivity index (χ1v) is 11.2. The van der Waals surface area contributed by atoms with Crippen molar-refractivity contribution in [1.29, 1.82) is 0 Å². The molecular formula is C25H37NO3. The molecule has 2 saturated carbocycles. The lowest BCUT2D eigenvalue weighted by atomic mass is 9.63. The molecule has 29 heavy (non-hydrogen) atoms. The Balaban J connectivity index is 1.34. The van der Waals surface area contributed by atoms with Crippen LogP contribution in [0.25, 0.3) is 0 Å². The van der Waals surface area contributed by atoms with E-state index in [1.165, 1.54) is 36.8 Å². The molecule has 0 radical (unpaired) electrons. The van der Waals surface area contributed by atoms with Gasteiger partial charge in [-0.3, -0.25) is 4.79 Å². The summed E-state index contributed by atoms with van der Waals surface area (Å²) in [4.78, 5) is 14.6. The fraction of sp³-hybridized carbons (Fsp3) is 0.720. The smallest absolute Gasteiger partial charge is 0.225 e. The van der Waals surface area contributed by atoms with Crippen LogP contribution in [0, 0.1) is 11.3 Å². The standard InChI is InChI=1S/C25H37NO3/c1-23(2,3)20-12-18(6-7-21(20)29-5)17-8-10-25(11-9-17)15-26(16-25)22(27)19-13-24(4,28)14-19/h6-7,12,17,19,28H,8-11,13-16H2,1-5H3/t19-,24+. The fourth-order valence-corrected chi connectivity index (χ4v) is 5.80. The van der Waals surface area contributed by atoms with Crippen LogP contribution in [0.3, 0.4) is 0 Å². The second-order valence-corrected chi connectivity index (χ2v) is 11.3. The molecule has 4 nitrogen and oxygen atoms in total. The van der Waals surface area contributed by atoms with Crippen molar-refractivity contribution in [2.45, 2.75) is 83.2 Å². The Morgan fingerprint density at radius 3 is 2.31 bits per heavy atom. The van der Waals surface area contributed by atoms with Gasteiger partial charge in [0.1, 0.15) is 5.75 Å². The predicted octanol–water partition coefficient (Wildman–Crippen LogP) is 4.64. The van der Waals surface area contributed by atoms with Gasteiger partial charge in [0, 0.05) is 24.4 Å². The quantitative estimate of drug-likeness (QED) is 0.805. The molecule has 1 N–H and O–H groups in total. The van der Waals surface area contributed by atoms with Gasteiger partial charge in [-0.05, 0) is 74.0 Å². The summed E-state index contributed by atoms with van der Waals surface area (Å²) < 4.78 is 5.60. The monoisotopic (exact) mass is 399 g/mol. The molecule has 0 unspecified atom stereocenters. The summed E-state index contributed by atoms with van der Waals surface area (Å²) in [7, 11) is 1.75. The van der Waals surface area contributed by atoms with Crippen LogP contribution in [0.5, 0.6) is 5.75 Å². The Labute approximate surface area is 175 Å². The summed E-state index contributed by atoms with van der Waals surface area (Å²) >= 11 is 0. The zero-order valence-corrected chi connectivity index (χ0v) is 18.8. The molecule has 4 rings (SSSR count). The molecule has 3 aliphatic rings. The molecule has 0 aromatic heterocycles. The van der Waals surface area contributed by atoms with Gasteiger partial charge in [-0.1, -0.05) is 32.9 Å². The number of rotatable bonds is 3. The number of nitrogens with zero attached hydrogens (tertiary/aromatic N) is 1. The first-order chi connectivity index (χ1) is 13.5. The number of carbonyl (C=O) groups excluding carboxylic acids is 1. The van der Waals surface area contributed by atoms with E-state index in [0.717, 1.165) is 18.8 Å². The molecule has 1 saturated heterocycles. The number of hydrogen-bond donors (Lipinski definition) is 1. The number of likely N-dealkylation sites (tertiary alicyclic amines) is 1. The number of ether oxygens (including phenoxy) is 1. The van der Waals surface area contributed by atoms with Crippen LogP contribution < -0.4 is 4.74 Å². The predicted molar refractivity (Wildman–Crippen MR) is 115 cm³/mol. The van der Waals surface area contributed by atoms with E-state index >= 15 is 0 Å². The molecule has 0 atom stereocenters. The zero-order chi connectivity index (χ0) is 21.0. The van der Waals surface area contributed by atoms with Gasteiger partial charge < -0.3 is 14.7 Å². The Hall–Kier alpha value is -1.55. The van der Waals surface area contributed by atoms with Gasteiger partial charge in [-0.15, -0.1) is 0 Å². The maximum absolute atomic E-state index is 12.6. The molecule has 0 bridgehead atoms. The summed E-state index contributed by atoms with van der Waals surface area (Å²) in [5.74, 6) is 1.92. The van der Waals surface area contributed by atoms with E-state index in [9.17, 15) is 9.90 Å². The van der Waals surface area contributed by atoms with Gasteiger partial charge in [0.05, 0.1) is 12.7 Å². The lowest BCUT2D eigenvalue weighted by Gasteiger charge is -2.55. The summed E-state index contributed by atoms with van der Waals surface area (Å²) in [6.45, 7) is 10.4. The third-order valence-electron chi connectivity index (χ3n) is 7.63. The van der Waals surface area contributed by atoms with Gasteiger partial charge in [0.2, 0.25) is 5.91 Å². The van der Waals surface area contributed by atoms with Gasteiger partial charge in [0.25, 0.3) is 0 Å². The molecule has 3 fully saturated rings. The Morgan fingerprint density at radius 2 is 1.79 bits per heavy atom. The van der Waals surface area contributed by atoms with Gasteiger partial charge in [0.15, 0.2) is 0 Å². The summed E-state index contributed by atoms with van der Waals surface area (Å²) in [5.41, 5.74) is 2.52. The van der Waals surface area contributed by atoms with E-state index in [-0.39, 0.29) is 17.2 Å². The largest absolute Gasteiger partial charge is 0.496 e. The Bertz CT molecular complexity index is 768. The van der Waals surface area contributed by atoms with E-state index in [0.29, 0.717) is 24.2 Å². The van der Waals surface area contributed by atoms with E-state index in [2.05, 4.69) is 39.0 Å². The van der Waals surface area contributed by atoms with Crippen LogP contribution in [0.1, 0.15) is 83.3 Å². The highest BCUT2D eigenvalue weighted by atomic mass is 16.5. The maximum atomic E-state index is 12.6. The topological polar surface area (TPSA) is 49.8 Å². The van der Waals surface area contributed by atoms with E-state index in [4.69, 9.17) is 4.74 Å². The molecule has 1 aromatic rings. The van der Waals surface area contributed by atoms with Crippen LogP contribution in [0.2, 0.25) is 0 Å². The summed E-state index contributed by atoms with van der Waals surface area (Å²) in [5, 5.41) is 9.91. The van der Waals surface area contributed by atoms with E-state index in [1.807, 2.05) is 11.8 Å². The van der Waals surface area contributed by atoms with Crippen LogP contribution in [0.4, 0.5) is 0 Å². The minimum absolute atomic E-state index is 0.0498. The van der Waals surface area contributed by atoms with E-state index in [1.54, 1.807) is 7.11 Å². The molecule has 1 amide bonds. The van der Waals surface area contributed by atoms with Gasteiger partial charge in [-0.2, -0.15) is 0 Å². The van der Waals surface area contributed by atoms with Gasteiger partial charge in [-0.25, -0.2) is 0 Å². The van der Waals surface area contributed by atoms with Crippen LogP contribution in [0.15, 0.2) is 18.2 Å². The second kappa shape index (κ2) is 7.01. The number of aliphatic hydroxyl groups is 1. The minimum Gasteiger partial charge on any atom is -0.496 e. The minimum atomic E-state index is -0.620. The third-order valence-corrected chi connectivity index (χ3v) is 7.63. The highest BCUT2D eigenvalue weighted by Gasteiger charge is 2.51. The van der Waals surface area contributed by atoms with Crippen molar-refractivity contribution in [2.24, 2.45) is 11.3 Å². The summed E-state index contributed by atoms with van der Waals surface area (Å²) in [6.07, 6.45) is 6.09. The average Bonchev–Trinajstić information content (AvgIpc) is 2.62. The maximum Gasteiger partial charge on any atom is 0.225 e. The highest BCUT2D eigenvalue weighted by molar-refractivity contribution is 5.81. The average molecular weight is 400 g/mol. The van der Waals surface area contributed by atoms with Crippen molar-refractivity contribution in [3.63, 3.8) is 0 Å². The van der Waals surface area contributed by atoms with Crippen molar-refractivity contribution in [3.05, 3.63) is 29.3 Å². The normalized spacial score (nSPS) is 29.3. The number of amides is 1. The summed E-state index contributed by atoms with van der Waals surface area (Å²) in [6, 6.07) is 6.74. The number of carbonyl (C=O) groups is 1. The SMILES string of the molecule is COc1ccc(C2CCC3(CC2)CN(C(=O)[C@H]2C[C@@](C)(O)C2)C3)cc1C(C)(C)C. The lowest BCUT2D eigenvalue weighted by Crippen LogP contribution is -2.62. The van der Waals surface area contributed by atoms with Crippen molar-refractivity contribution >= 4 is 5.91 Å². The Morgan fingerprint density at radius 1 is 1.17 bits per heavy atom. The zero-order valence-electron chi connectivity index (χ0n) is 18.8. The van der Waals surface area contributed by atoms with Gasteiger partial charge >= 0.3 is 0 Å². The molecule has 2 aliphatic carbocycles. The van der Waals surface area contributed by atoms with Crippen molar-refractivity contribution in [1.82, 2.24) is 4.90 Å². The number of methoxy groups -OCH3 is 1. The fourth-order valence-electron chi connectivity index (χ4n) is 5.80. The molecule has 4 heteroatoms. The lowest BCUT2D eigenvalue weighted by molar-refractivity contribution is -0.163. The van der Waals surface area contributed by atoms with Crippen LogP contribution in [-0.4, -0.2) is 41.7 Å². The Kier molecular flexibility index (Phi) is 5.00. The van der Waals surface area contributed by atoms with Crippen molar-refractivity contribution < 1.29 is 14.6 Å². The first kappa shape index (κ1) is 20.7. The van der Waals surface area contributed by atoms with Crippen LogP contribution >= 0.6 is 0 Å². The molecule has 1 aromatic carbocycles. The number of benzene rings is 1. The van der Waals surface area contributed by atoms with E-state index < -0.39 is 5.60 Å². The van der Waals surface area contributed by atoms with Crippen LogP contribution in [-0.2, 0) is 10.2 Å².